The summed E-state index contributed by atoms with van der Waals surface area (Å²) in [5.41, 5.74) is 0. The number of esters is 2. The Morgan fingerprint density at radius 3 is 1.38 bits per heavy atom. The third-order valence-corrected chi connectivity index (χ3v) is 9.65. The van der Waals surface area contributed by atoms with Crippen LogP contribution in [0.3, 0.4) is 0 Å². The molecule has 0 saturated heterocycles. The maximum Gasteiger partial charge on any atom is 0.306 e. The first-order valence-corrected chi connectivity index (χ1v) is 22.5. The number of ether oxygens (including phenoxy) is 3. The molecule has 1 unspecified atom stereocenters. The molecule has 52 heavy (non-hydrogen) atoms. The Balaban J connectivity index is 4.06. The average molecular weight is 731 g/mol. The van der Waals surface area contributed by atoms with Crippen LogP contribution in [0.1, 0.15) is 226 Å². The van der Waals surface area contributed by atoms with E-state index in [1.165, 1.54) is 135 Å². The zero-order chi connectivity index (χ0) is 37.8. The van der Waals surface area contributed by atoms with Gasteiger partial charge in [0.25, 0.3) is 0 Å². The maximum atomic E-state index is 12.6. The van der Waals surface area contributed by atoms with E-state index in [4.69, 9.17) is 14.2 Å². The first kappa shape index (κ1) is 50.1. The molecule has 0 bridgehead atoms. The van der Waals surface area contributed by atoms with Crippen molar-refractivity contribution in [2.45, 2.75) is 232 Å². The van der Waals surface area contributed by atoms with E-state index in [1.54, 1.807) is 0 Å². The highest BCUT2D eigenvalue weighted by molar-refractivity contribution is 5.70. The Kier molecular flexibility index (Phi) is 42.0. The molecule has 0 aliphatic rings. The van der Waals surface area contributed by atoms with Crippen LogP contribution in [0, 0.1) is 0 Å². The number of carbonyl (C=O) groups is 2. The van der Waals surface area contributed by atoms with Gasteiger partial charge in [0.15, 0.2) is 6.10 Å². The molecule has 0 aromatic rings. The van der Waals surface area contributed by atoms with Gasteiger partial charge in [-0.1, -0.05) is 179 Å². The predicted octanol–water partition coefficient (Wildman–Crippen LogP) is 14.7. The Bertz CT molecular complexity index is 832. The molecule has 0 fully saturated rings. The van der Waals surface area contributed by atoms with Gasteiger partial charge in [-0.3, -0.25) is 9.59 Å². The Labute approximate surface area is 323 Å². The topological polar surface area (TPSA) is 61.8 Å². The molecule has 0 amide bonds. The molecule has 0 aliphatic heterocycles. The van der Waals surface area contributed by atoms with Crippen LogP contribution in [0.25, 0.3) is 0 Å². The lowest BCUT2D eigenvalue weighted by Crippen LogP contribution is -2.30. The van der Waals surface area contributed by atoms with E-state index in [9.17, 15) is 9.59 Å². The highest BCUT2D eigenvalue weighted by Gasteiger charge is 2.17. The standard InChI is InChI=1S/C47H86O5/c1-4-7-10-13-16-18-20-21-22-23-24-25-26-27-29-30-32-34-37-40-46(48)51-44-45(43-50-42-39-36-15-12-9-6-3)52-47(49)41-38-35-33-31-28-19-17-14-11-8-5-2/h14,16-18,21-22,45H,4-13,15,19-20,23-44H2,1-3H3/b17-14-,18-16-,22-21-. The monoisotopic (exact) mass is 731 g/mol. The number of carbonyl (C=O) groups excluding carboxylic acids is 2. The number of rotatable bonds is 41. The van der Waals surface area contributed by atoms with Crippen LogP contribution in [0.15, 0.2) is 36.5 Å². The van der Waals surface area contributed by atoms with Crippen molar-refractivity contribution in [3.63, 3.8) is 0 Å². The minimum absolute atomic E-state index is 0.0822. The van der Waals surface area contributed by atoms with Crippen molar-refractivity contribution in [1.82, 2.24) is 0 Å². The van der Waals surface area contributed by atoms with Crippen LogP contribution in [0.5, 0.6) is 0 Å². The summed E-state index contributed by atoms with van der Waals surface area (Å²) < 4.78 is 17.2. The van der Waals surface area contributed by atoms with Crippen molar-refractivity contribution in [1.29, 1.82) is 0 Å². The second kappa shape index (κ2) is 43.5. The predicted molar refractivity (Wildman–Crippen MR) is 224 cm³/mol. The summed E-state index contributed by atoms with van der Waals surface area (Å²) in [7, 11) is 0. The van der Waals surface area contributed by atoms with Gasteiger partial charge in [0.1, 0.15) is 6.61 Å². The molecule has 0 aliphatic carbocycles. The maximum absolute atomic E-state index is 12.6. The Hall–Kier alpha value is -1.88. The molecule has 5 nitrogen and oxygen atoms in total. The second-order valence-corrected chi connectivity index (χ2v) is 15.0. The summed E-state index contributed by atoms with van der Waals surface area (Å²) in [5, 5.41) is 0. The highest BCUT2D eigenvalue weighted by atomic mass is 16.6. The summed E-state index contributed by atoms with van der Waals surface area (Å²) in [5.74, 6) is -0.411. The molecule has 304 valence electrons. The van der Waals surface area contributed by atoms with Gasteiger partial charge in [-0.05, 0) is 70.6 Å². The molecule has 1 atom stereocenters. The van der Waals surface area contributed by atoms with E-state index in [0.29, 0.717) is 19.4 Å². The average Bonchev–Trinajstić information content (AvgIpc) is 3.14. The third-order valence-electron chi connectivity index (χ3n) is 9.65. The molecule has 0 saturated carbocycles. The number of allylic oxidation sites excluding steroid dienone is 6. The molecule has 5 heteroatoms. The van der Waals surface area contributed by atoms with Gasteiger partial charge in [0.05, 0.1) is 6.61 Å². The van der Waals surface area contributed by atoms with Crippen molar-refractivity contribution in [3.05, 3.63) is 36.5 Å². The van der Waals surface area contributed by atoms with Gasteiger partial charge >= 0.3 is 11.9 Å². The third kappa shape index (κ3) is 40.9. The number of hydrogen-bond donors (Lipinski definition) is 0. The van der Waals surface area contributed by atoms with E-state index < -0.39 is 6.10 Å². The second-order valence-electron chi connectivity index (χ2n) is 15.0. The highest BCUT2D eigenvalue weighted by Crippen LogP contribution is 2.14. The van der Waals surface area contributed by atoms with Crippen molar-refractivity contribution in [2.75, 3.05) is 19.8 Å². The fraction of sp³-hybridized carbons (Fsp3) is 0.830. The number of hydrogen-bond acceptors (Lipinski definition) is 5. The smallest absolute Gasteiger partial charge is 0.306 e. The van der Waals surface area contributed by atoms with Crippen LogP contribution < -0.4 is 0 Å². The Morgan fingerprint density at radius 1 is 0.423 bits per heavy atom. The van der Waals surface area contributed by atoms with E-state index in [2.05, 4.69) is 57.2 Å². The minimum atomic E-state index is -0.533. The van der Waals surface area contributed by atoms with Crippen LogP contribution in [0.2, 0.25) is 0 Å². The first-order valence-electron chi connectivity index (χ1n) is 22.5. The van der Waals surface area contributed by atoms with Crippen LogP contribution in [-0.4, -0.2) is 37.9 Å². The molecular weight excluding hydrogens is 645 g/mol. The van der Waals surface area contributed by atoms with Gasteiger partial charge < -0.3 is 14.2 Å². The number of unbranched alkanes of at least 4 members (excludes halogenated alkanes) is 24. The van der Waals surface area contributed by atoms with Gasteiger partial charge in [0.2, 0.25) is 0 Å². The lowest BCUT2D eigenvalue weighted by molar-refractivity contribution is -0.163. The molecule has 0 N–H and O–H groups in total. The summed E-state index contributed by atoms with van der Waals surface area (Å²) >= 11 is 0. The summed E-state index contributed by atoms with van der Waals surface area (Å²) in [6, 6.07) is 0. The van der Waals surface area contributed by atoms with Gasteiger partial charge in [-0.2, -0.15) is 0 Å². The van der Waals surface area contributed by atoms with Crippen LogP contribution in [0.4, 0.5) is 0 Å². The molecule has 0 rings (SSSR count). The fourth-order valence-electron chi connectivity index (χ4n) is 6.23. The largest absolute Gasteiger partial charge is 0.462 e. The summed E-state index contributed by atoms with van der Waals surface area (Å²) in [6.07, 6.45) is 50.1. The van der Waals surface area contributed by atoms with Gasteiger partial charge in [0, 0.05) is 19.4 Å². The lowest BCUT2D eigenvalue weighted by atomic mass is 10.1. The minimum Gasteiger partial charge on any atom is -0.462 e. The van der Waals surface area contributed by atoms with Crippen molar-refractivity contribution in [3.8, 4) is 0 Å². The van der Waals surface area contributed by atoms with E-state index >= 15 is 0 Å². The molecule has 0 aromatic heterocycles. The fourth-order valence-corrected chi connectivity index (χ4v) is 6.23. The van der Waals surface area contributed by atoms with E-state index in [-0.39, 0.29) is 25.2 Å². The quantitative estimate of drug-likeness (QED) is 0.0356. The van der Waals surface area contributed by atoms with Crippen molar-refractivity contribution < 1.29 is 23.8 Å². The van der Waals surface area contributed by atoms with Gasteiger partial charge in [-0.15, -0.1) is 0 Å². The molecular formula is C47H86O5. The zero-order valence-corrected chi connectivity index (χ0v) is 34.8. The summed E-state index contributed by atoms with van der Waals surface area (Å²) in [4.78, 5) is 25.1. The molecule has 0 spiro atoms. The Morgan fingerprint density at radius 2 is 0.827 bits per heavy atom. The van der Waals surface area contributed by atoms with Crippen LogP contribution in [-0.2, 0) is 23.8 Å². The lowest BCUT2D eigenvalue weighted by Gasteiger charge is -2.18. The zero-order valence-electron chi connectivity index (χ0n) is 34.8. The molecule has 0 radical (unpaired) electrons. The first-order chi connectivity index (χ1) is 25.6. The summed E-state index contributed by atoms with van der Waals surface area (Å²) in [6.45, 7) is 7.73. The van der Waals surface area contributed by atoms with Gasteiger partial charge in [-0.25, -0.2) is 0 Å². The van der Waals surface area contributed by atoms with Crippen molar-refractivity contribution in [2.24, 2.45) is 0 Å². The van der Waals surface area contributed by atoms with E-state index in [0.717, 1.165) is 57.8 Å². The molecule has 0 heterocycles. The van der Waals surface area contributed by atoms with E-state index in [1.807, 2.05) is 0 Å². The van der Waals surface area contributed by atoms with Crippen molar-refractivity contribution >= 4 is 11.9 Å². The normalized spacial score (nSPS) is 12.4. The molecule has 0 aromatic carbocycles. The SMILES string of the molecule is CCCC/C=C\CCCCCCCC(=O)OC(COCCCCCCCC)COC(=O)CCCCCCCCCCC/C=C\C/C=C\CCCCC. The van der Waals surface area contributed by atoms with Crippen LogP contribution >= 0.6 is 0 Å².